The van der Waals surface area contributed by atoms with Crippen LogP contribution in [-0.4, -0.2) is 85.7 Å². The molecule has 2 aromatic carbocycles. The summed E-state index contributed by atoms with van der Waals surface area (Å²) < 4.78 is 13.3. The Balaban J connectivity index is 1.10. The predicted octanol–water partition coefficient (Wildman–Crippen LogP) is 3.52. The van der Waals surface area contributed by atoms with Gasteiger partial charge in [0.2, 0.25) is 11.9 Å². The van der Waals surface area contributed by atoms with Crippen molar-refractivity contribution in [3.8, 4) is 28.7 Å². The highest BCUT2D eigenvalue weighted by Gasteiger charge is 2.35. The third-order valence-electron chi connectivity index (χ3n) is 7.83. The number of rotatable bonds is 10. The molecule has 1 aliphatic carbocycles. The van der Waals surface area contributed by atoms with Gasteiger partial charge in [-0.05, 0) is 55.7 Å². The molecule has 0 radical (unpaired) electrons. The van der Waals surface area contributed by atoms with E-state index in [9.17, 15) is 14.9 Å². The van der Waals surface area contributed by atoms with Crippen LogP contribution in [0.25, 0.3) is 11.1 Å². The highest BCUT2D eigenvalue weighted by molar-refractivity contribution is 5.95. The highest BCUT2D eigenvalue weighted by Crippen LogP contribution is 2.32. The van der Waals surface area contributed by atoms with Crippen molar-refractivity contribution < 1.29 is 19.1 Å². The van der Waals surface area contributed by atoms with Gasteiger partial charge in [-0.3, -0.25) is 9.59 Å². The van der Waals surface area contributed by atoms with Crippen molar-refractivity contribution in [3.05, 3.63) is 72.6 Å². The second kappa shape index (κ2) is 13.0. The van der Waals surface area contributed by atoms with Crippen LogP contribution in [0.2, 0.25) is 0 Å². The van der Waals surface area contributed by atoms with E-state index in [0.717, 1.165) is 24.0 Å². The lowest BCUT2D eigenvalue weighted by molar-refractivity contribution is -0.134. The number of aromatic nitrogens is 5. The molecule has 13 nitrogen and oxygen atoms in total. The van der Waals surface area contributed by atoms with Crippen molar-refractivity contribution in [2.45, 2.75) is 32.4 Å². The van der Waals surface area contributed by atoms with Gasteiger partial charge in [-0.25, -0.2) is 19.6 Å². The third kappa shape index (κ3) is 6.85. The van der Waals surface area contributed by atoms with Crippen molar-refractivity contribution in [1.29, 1.82) is 5.26 Å². The Morgan fingerprint density at radius 1 is 1.02 bits per heavy atom. The zero-order chi connectivity index (χ0) is 31.3. The van der Waals surface area contributed by atoms with Gasteiger partial charge in [0, 0.05) is 55.6 Å². The van der Waals surface area contributed by atoms with Gasteiger partial charge in [-0.1, -0.05) is 6.07 Å². The van der Waals surface area contributed by atoms with Crippen LogP contribution >= 0.6 is 0 Å². The Morgan fingerprint density at radius 3 is 2.44 bits per heavy atom. The third-order valence-corrected chi connectivity index (χ3v) is 7.83. The van der Waals surface area contributed by atoms with Crippen LogP contribution in [0.15, 0.2) is 61.4 Å². The van der Waals surface area contributed by atoms with Gasteiger partial charge in [0.1, 0.15) is 36.3 Å². The molecule has 45 heavy (non-hydrogen) atoms. The Kier molecular flexibility index (Phi) is 8.54. The first-order valence-corrected chi connectivity index (χ1v) is 14.8. The van der Waals surface area contributed by atoms with Gasteiger partial charge in [-0.15, -0.1) is 0 Å². The Bertz CT molecular complexity index is 1710. The molecule has 2 amide bonds. The first kappa shape index (κ1) is 29.6. The lowest BCUT2D eigenvalue weighted by atomic mass is 10.1. The normalized spacial score (nSPS) is 15.2. The Hall–Kier alpha value is -5.51. The van der Waals surface area contributed by atoms with E-state index in [1.165, 1.54) is 6.33 Å². The van der Waals surface area contributed by atoms with E-state index in [-0.39, 0.29) is 23.8 Å². The monoisotopic (exact) mass is 607 g/mol. The number of ether oxygens (including phenoxy) is 2. The molecule has 6 rings (SSSR count). The number of anilines is 2. The molecular formula is C32H33N9O4. The molecule has 2 fully saturated rings. The number of methoxy groups -OCH3 is 1. The molecule has 1 saturated carbocycles. The lowest BCUT2D eigenvalue weighted by Gasteiger charge is -2.35. The minimum atomic E-state index is -0.249. The SMILES string of the molecule is COc1cc(C(=O)N2CCN(C(=O)C3CC3)CC2)ccc1Nc1ncc(-c2ccc(C#N)c(O[C@@H](C)Cn3cncn3)c2)cn1. The van der Waals surface area contributed by atoms with Crippen molar-refractivity contribution in [2.24, 2.45) is 5.92 Å². The van der Waals surface area contributed by atoms with E-state index in [2.05, 4.69) is 31.4 Å². The standard InChI is InChI=1S/C32H33N9O4/c1-21(18-41-20-34-19-37-41)45-28-13-23(5-6-25(28)15-33)26-16-35-32(36-17-26)38-27-8-7-24(14-29(27)44-2)31(43)40-11-9-39(10-12-40)30(42)22-3-4-22/h5-8,13-14,16-17,19-22H,3-4,9-12,18H2,1-2H3,(H,35,36,38)/t21-/m0/s1. The molecule has 2 aliphatic rings. The summed E-state index contributed by atoms with van der Waals surface area (Å²) in [4.78, 5) is 42.1. The maximum absolute atomic E-state index is 13.2. The van der Waals surface area contributed by atoms with Crippen molar-refractivity contribution in [2.75, 3.05) is 38.6 Å². The number of carbonyl (C=O) groups is 2. The number of piperazine rings is 1. The van der Waals surface area contributed by atoms with Crippen molar-refractivity contribution >= 4 is 23.5 Å². The van der Waals surface area contributed by atoms with Crippen LogP contribution in [0.4, 0.5) is 11.6 Å². The van der Waals surface area contributed by atoms with Gasteiger partial charge in [0.25, 0.3) is 5.91 Å². The fourth-order valence-electron chi connectivity index (χ4n) is 5.23. The topological polar surface area (TPSA) is 151 Å². The molecule has 4 aromatic rings. The van der Waals surface area contributed by atoms with Crippen LogP contribution in [0.5, 0.6) is 11.5 Å². The van der Waals surface area contributed by atoms with Gasteiger partial charge < -0.3 is 24.6 Å². The number of hydrogen-bond acceptors (Lipinski definition) is 10. The number of amides is 2. The molecule has 0 bridgehead atoms. The minimum absolute atomic E-state index is 0.0995. The van der Waals surface area contributed by atoms with E-state index in [1.807, 2.05) is 17.9 Å². The van der Waals surface area contributed by atoms with Crippen molar-refractivity contribution in [1.82, 2.24) is 34.5 Å². The van der Waals surface area contributed by atoms with Crippen molar-refractivity contribution in [3.63, 3.8) is 0 Å². The number of nitriles is 1. The number of hydrogen-bond donors (Lipinski definition) is 1. The number of nitrogens with one attached hydrogen (secondary N) is 1. The molecule has 230 valence electrons. The van der Waals surface area contributed by atoms with Crippen LogP contribution in [0.3, 0.4) is 0 Å². The van der Waals surface area contributed by atoms with Gasteiger partial charge in [0.15, 0.2) is 0 Å². The molecule has 1 aliphatic heterocycles. The molecule has 3 heterocycles. The van der Waals surface area contributed by atoms with Crippen LogP contribution in [0.1, 0.15) is 35.7 Å². The summed E-state index contributed by atoms with van der Waals surface area (Å²) in [5, 5.41) is 16.9. The zero-order valence-electron chi connectivity index (χ0n) is 25.1. The minimum Gasteiger partial charge on any atom is -0.495 e. The van der Waals surface area contributed by atoms with Gasteiger partial charge in [0.05, 0.1) is 24.9 Å². The van der Waals surface area contributed by atoms with E-state index in [1.54, 1.807) is 65.7 Å². The summed E-state index contributed by atoms with van der Waals surface area (Å²) in [5.41, 5.74) is 3.07. The fraction of sp³-hybridized carbons (Fsp3) is 0.344. The van der Waals surface area contributed by atoms with E-state index < -0.39 is 0 Å². The fourth-order valence-corrected chi connectivity index (χ4v) is 5.23. The van der Waals surface area contributed by atoms with Crippen LogP contribution in [0, 0.1) is 17.2 Å². The van der Waals surface area contributed by atoms with Gasteiger partial charge >= 0.3 is 0 Å². The summed E-state index contributed by atoms with van der Waals surface area (Å²) in [6.07, 6.45) is 8.14. The summed E-state index contributed by atoms with van der Waals surface area (Å²) >= 11 is 0. The van der Waals surface area contributed by atoms with Crippen LogP contribution < -0.4 is 14.8 Å². The smallest absolute Gasteiger partial charge is 0.254 e. The quantitative estimate of drug-likeness (QED) is 0.284. The molecule has 1 atom stereocenters. The molecule has 13 heteroatoms. The zero-order valence-corrected chi connectivity index (χ0v) is 25.1. The summed E-state index contributed by atoms with van der Waals surface area (Å²) in [6, 6.07) is 12.7. The van der Waals surface area contributed by atoms with Gasteiger partial charge in [-0.2, -0.15) is 10.4 Å². The first-order chi connectivity index (χ1) is 21.9. The molecule has 1 saturated heterocycles. The maximum atomic E-state index is 13.2. The summed E-state index contributed by atoms with van der Waals surface area (Å²) in [6.45, 7) is 4.52. The molecule has 0 spiro atoms. The molecule has 2 aromatic heterocycles. The van der Waals surface area contributed by atoms with Crippen LogP contribution in [-0.2, 0) is 11.3 Å². The average Bonchev–Trinajstić information content (AvgIpc) is 3.80. The Morgan fingerprint density at radius 2 is 1.78 bits per heavy atom. The average molecular weight is 608 g/mol. The summed E-state index contributed by atoms with van der Waals surface area (Å²) in [5.74, 6) is 1.58. The largest absolute Gasteiger partial charge is 0.495 e. The Labute approximate surface area is 260 Å². The number of nitrogens with zero attached hydrogens (tertiary/aromatic N) is 8. The second-order valence-electron chi connectivity index (χ2n) is 11.1. The first-order valence-electron chi connectivity index (χ1n) is 14.8. The second-order valence-corrected chi connectivity index (χ2v) is 11.1. The van der Waals surface area contributed by atoms with E-state index in [0.29, 0.717) is 67.0 Å². The maximum Gasteiger partial charge on any atom is 0.254 e. The predicted molar refractivity (Wildman–Crippen MR) is 164 cm³/mol. The molecular weight excluding hydrogens is 574 g/mol. The number of carbonyl (C=O) groups excluding carboxylic acids is 2. The highest BCUT2D eigenvalue weighted by atomic mass is 16.5. The summed E-state index contributed by atoms with van der Waals surface area (Å²) in [7, 11) is 1.54. The molecule has 0 unspecified atom stereocenters. The van der Waals surface area contributed by atoms with E-state index in [4.69, 9.17) is 9.47 Å². The molecule has 1 N–H and O–H groups in total. The van der Waals surface area contributed by atoms with E-state index >= 15 is 0 Å². The lowest BCUT2D eigenvalue weighted by Crippen LogP contribution is -2.51. The number of benzene rings is 2.